The number of ether oxygens (including phenoxy) is 1. The summed E-state index contributed by atoms with van der Waals surface area (Å²) < 4.78 is 7.87. The van der Waals surface area contributed by atoms with Gasteiger partial charge in [-0.15, -0.1) is 0 Å². The molecule has 1 heterocycles. The summed E-state index contributed by atoms with van der Waals surface area (Å²) in [6.07, 6.45) is 2.13. The van der Waals surface area contributed by atoms with Crippen molar-refractivity contribution in [3.05, 3.63) is 59.8 Å². The molecule has 1 aromatic heterocycles. The molecule has 0 bridgehead atoms. The van der Waals surface area contributed by atoms with Crippen LogP contribution in [0.15, 0.2) is 48.5 Å². The SMILES string of the molecule is CCCCn1c(C(=O)Nc2ccc(OCC(C)C)cc2)c(C)c2ccccc21. The van der Waals surface area contributed by atoms with E-state index >= 15 is 0 Å². The molecular weight excluding hydrogens is 348 g/mol. The number of nitrogens with zero attached hydrogens (tertiary/aromatic N) is 1. The average Bonchev–Trinajstić information content (AvgIpc) is 2.98. The number of anilines is 1. The molecule has 0 unspecified atom stereocenters. The molecule has 0 aliphatic carbocycles. The molecule has 0 aliphatic rings. The first-order valence-electron chi connectivity index (χ1n) is 10.1. The van der Waals surface area contributed by atoms with Crippen LogP contribution in [0.3, 0.4) is 0 Å². The van der Waals surface area contributed by atoms with Crippen LogP contribution >= 0.6 is 0 Å². The predicted molar refractivity (Wildman–Crippen MR) is 116 cm³/mol. The fourth-order valence-electron chi connectivity index (χ4n) is 3.41. The molecule has 0 aliphatic heterocycles. The molecule has 1 N–H and O–H groups in total. The number of rotatable bonds is 8. The van der Waals surface area contributed by atoms with E-state index in [0.29, 0.717) is 12.5 Å². The predicted octanol–water partition coefficient (Wildman–Crippen LogP) is 6.04. The number of aromatic nitrogens is 1. The van der Waals surface area contributed by atoms with Crippen LogP contribution in [0.5, 0.6) is 5.75 Å². The second-order valence-corrected chi connectivity index (χ2v) is 7.68. The third kappa shape index (κ3) is 4.38. The number of hydrogen-bond acceptors (Lipinski definition) is 2. The normalized spacial score (nSPS) is 11.2. The van der Waals surface area contributed by atoms with Crippen molar-refractivity contribution >= 4 is 22.5 Å². The molecule has 0 radical (unpaired) electrons. The van der Waals surface area contributed by atoms with Crippen LogP contribution in [0, 0.1) is 12.8 Å². The van der Waals surface area contributed by atoms with Crippen LogP contribution < -0.4 is 10.1 Å². The number of nitrogens with one attached hydrogen (secondary N) is 1. The van der Waals surface area contributed by atoms with E-state index in [0.717, 1.165) is 53.0 Å². The Morgan fingerprint density at radius 1 is 1.11 bits per heavy atom. The molecule has 4 nitrogen and oxygen atoms in total. The lowest BCUT2D eigenvalue weighted by Gasteiger charge is -2.12. The first-order valence-corrected chi connectivity index (χ1v) is 10.1. The number of carbonyl (C=O) groups excluding carboxylic acids is 1. The van der Waals surface area contributed by atoms with Gasteiger partial charge in [-0.3, -0.25) is 4.79 Å². The Kier molecular flexibility index (Phi) is 6.40. The molecule has 0 atom stereocenters. The first kappa shape index (κ1) is 20.0. The lowest BCUT2D eigenvalue weighted by atomic mass is 10.1. The summed E-state index contributed by atoms with van der Waals surface area (Å²) in [5, 5.41) is 4.19. The second kappa shape index (κ2) is 8.96. The lowest BCUT2D eigenvalue weighted by molar-refractivity contribution is 0.101. The van der Waals surface area contributed by atoms with Gasteiger partial charge in [0, 0.05) is 23.1 Å². The Morgan fingerprint density at radius 3 is 2.50 bits per heavy atom. The minimum atomic E-state index is -0.0688. The van der Waals surface area contributed by atoms with Crippen molar-refractivity contribution in [2.24, 2.45) is 5.92 Å². The monoisotopic (exact) mass is 378 g/mol. The Morgan fingerprint density at radius 2 is 1.82 bits per heavy atom. The summed E-state index contributed by atoms with van der Waals surface area (Å²) >= 11 is 0. The Bertz CT molecular complexity index is 939. The molecule has 0 spiro atoms. The van der Waals surface area contributed by atoms with E-state index in [4.69, 9.17) is 4.74 Å². The van der Waals surface area contributed by atoms with E-state index in [1.54, 1.807) is 0 Å². The zero-order chi connectivity index (χ0) is 20.1. The maximum Gasteiger partial charge on any atom is 0.272 e. The largest absolute Gasteiger partial charge is 0.493 e. The number of para-hydroxylation sites is 1. The van der Waals surface area contributed by atoms with Crippen LogP contribution in [0.4, 0.5) is 5.69 Å². The number of fused-ring (bicyclic) bond motifs is 1. The van der Waals surface area contributed by atoms with Gasteiger partial charge in [0.05, 0.1) is 6.61 Å². The van der Waals surface area contributed by atoms with Crippen molar-refractivity contribution in [2.45, 2.75) is 47.1 Å². The summed E-state index contributed by atoms with van der Waals surface area (Å²) in [4.78, 5) is 13.1. The first-order chi connectivity index (χ1) is 13.5. The van der Waals surface area contributed by atoms with Crippen molar-refractivity contribution in [1.29, 1.82) is 0 Å². The average molecular weight is 379 g/mol. The number of hydrogen-bond donors (Lipinski definition) is 1. The van der Waals surface area contributed by atoms with E-state index in [1.807, 2.05) is 43.3 Å². The van der Waals surface area contributed by atoms with Crippen LogP contribution in [0.1, 0.15) is 49.7 Å². The van der Waals surface area contributed by atoms with Gasteiger partial charge in [0.25, 0.3) is 5.91 Å². The van der Waals surface area contributed by atoms with E-state index in [2.05, 4.69) is 42.8 Å². The zero-order valence-electron chi connectivity index (χ0n) is 17.3. The van der Waals surface area contributed by atoms with E-state index in [1.165, 1.54) is 0 Å². The maximum atomic E-state index is 13.1. The van der Waals surface area contributed by atoms with Gasteiger partial charge in [-0.2, -0.15) is 0 Å². The number of benzene rings is 2. The molecule has 0 saturated carbocycles. The summed E-state index contributed by atoms with van der Waals surface area (Å²) in [5.74, 6) is 1.23. The number of amides is 1. The summed E-state index contributed by atoms with van der Waals surface area (Å²) in [7, 11) is 0. The van der Waals surface area contributed by atoms with Crippen LogP contribution in [-0.2, 0) is 6.54 Å². The minimum absolute atomic E-state index is 0.0688. The highest BCUT2D eigenvalue weighted by Gasteiger charge is 2.20. The number of unbranched alkanes of at least 4 members (excludes halogenated alkanes) is 1. The molecule has 2 aromatic carbocycles. The topological polar surface area (TPSA) is 43.3 Å². The van der Waals surface area contributed by atoms with Crippen molar-refractivity contribution in [1.82, 2.24) is 4.57 Å². The molecule has 0 fully saturated rings. The third-order valence-corrected chi connectivity index (χ3v) is 4.87. The molecular formula is C24H30N2O2. The summed E-state index contributed by atoms with van der Waals surface area (Å²) in [6.45, 7) is 9.96. The van der Waals surface area contributed by atoms with Gasteiger partial charge in [0.1, 0.15) is 11.4 Å². The van der Waals surface area contributed by atoms with Gasteiger partial charge >= 0.3 is 0 Å². The van der Waals surface area contributed by atoms with Gasteiger partial charge in [-0.25, -0.2) is 0 Å². The highest BCUT2D eigenvalue weighted by Crippen LogP contribution is 2.27. The molecule has 3 rings (SSSR count). The molecule has 28 heavy (non-hydrogen) atoms. The van der Waals surface area contributed by atoms with Gasteiger partial charge in [-0.05, 0) is 55.2 Å². The van der Waals surface area contributed by atoms with E-state index < -0.39 is 0 Å². The van der Waals surface area contributed by atoms with Gasteiger partial charge in [0.15, 0.2) is 0 Å². The highest BCUT2D eigenvalue weighted by molar-refractivity contribution is 6.08. The Labute approximate surface area is 167 Å². The van der Waals surface area contributed by atoms with Crippen LogP contribution in [0.2, 0.25) is 0 Å². The Balaban J connectivity index is 1.84. The van der Waals surface area contributed by atoms with Gasteiger partial charge in [-0.1, -0.05) is 45.4 Å². The van der Waals surface area contributed by atoms with Gasteiger partial charge in [0.2, 0.25) is 0 Å². The van der Waals surface area contributed by atoms with E-state index in [-0.39, 0.29) is 5.91 Å². The fourth-order valence-corrected chi connectivity index (χ4v) is 3.41. The quantitative estimate of drug-likeness (QED) is 0.519. The maximum absolute atomic E-state index is 13.1. The highest BCUT2D eigenvalue weighted by atomic mass is 16.5. The summed E-state index contributed by atoms with van der Waals surface area (Å²) in [6, 6.07) is 15.8. The lowest BCUT2D eigenvalue weighted by Crippen LogP contribution is -2.18. The van der Waals surface area contributed by atoms with Crippen molar-refractivity contribution in [3.8, 4) is 5.75 Å². The molecule has 3 aromatic rings. The molecule has 1 amide bonds. The van der Waals surface area contributed by atoms with Crippen LogP contribution in [0.25, 0.3) is 10.9 Å². The molecule has 4 heteroatoms. The zero-order valence-corrected chi connectivity index (χ0v) is 17.3. The number of carbonyl (C=O) groups is 1. The Hall–Kier alpha value is -2.75. The fraction of sp³-hybridized carbons (Fsp3) is 0.375. The molecule has 0 saturated heterocycles. The van der Waals surface area contributed by atoms with Crippen molar-refractivity contribution < 1.29 is 9.53 Å². The number of aryl methyl sites for hydroxylation is 2. The van der Waals surface area contributed by atoms with Gasteiger partial charge < -0.3 is 14.6 Å². The summed E-state index contributed by atoms with van der Waals surface area (Å²) in [5.41, 5.74) is 3.67. The third-order valence-electron chi connectivity index (χ3n) is 4.87. The standard InChI is InChI=1S/C24H30N2O2/c1-5-6-15-26-22-10-8-7-9-21(22)18(4)23(26)24(27)25-19-11-13-20(14-12-19)28-16-17(2)3/h7-14,17H,5-6,15-16H2,1-4H3,(H,25,27). The smallest absolute Gasteiger partial charge is 0.272 e. The molecule has 148 valence electrons. The minimum Gasteiger partial charge on any atom is -0.493 e. The van der Waals surface area contributed by atoms with Crippen molar-refractivity contribution in [3.63, 3.8) is 0 Å². The second-order valence-electron chi connectivity index (χ2n) is 7.68. The van der Waals surface area contributed by atoms with Crippen molar-refractivity contribution in [2.75, 3.05) is 11.9 Å². The van der Waals surface area contributed by atoms with E-state index in [9.17, 15) is 4.79 Å². The van der Waals surface area contributed by atoms with Crippen LogP contribution in [-0.4, -0.2) is 17.1 Å².